The Kier molecular flexibility index (Phi) is 5.30. The zero-order valence-electron chi connectivity index (χ0n) is 29.5. The van der Waals surface area contributed by atoms with Gasteiger partial charge in [-0.3, -0.25) is 0 Å². The van der Waals surface area contributed by atoms with E-state index in [1.54, 1.807) is 24.8 Å². The maximum absolute atomic E-state index is 8.38. The van der Waals surface area contributed by atoms with Crippen LogP contribution in [-0.4, -0.2) is 38.8 Å². The van der Waals surface area contributed by atoms with Crippen LogP contribution in [0.25, 0.3) is 22.3 Å². The average Bonchev–Trinajstić information content (AvgIpc) is 3.75. The van der Waals surface area contributed by atoms with Crippen LogP contribution in [0.15, 0.2) is 140 Å². The first-order valence-electron chi connectivity index (χ1n) is 17.2. The van der Waals surface area contributed by atoms with Gasteiger partial charge in [0.15, 0.2) is 0 Å². The van der Waals surface area contributed by atoms with E-state index < -0.39 is 31.6 Å². The van der Waals surface area contributed by atoms with E-state index in [0.717, 1.165) is 38.6 Å². The van der Waals surface area contributed by atoms with Crippen LogP contribution >= 0.6 is 0 Å². The van der Waals surface area contributed by atoms with Crippen molar-refractivity contribution in [2.75, 3.05) is 23.8 Å². The molecule has 0 N–H and O–H groups in total. The number of rotatable bonds is 3. The van der Waals surface area contributed by atoms with E-state index in [4.69, 9.17) is 8.22 Å². The van der Waals surface area contributed by atoms with E-state index >= 15 is 0 Å². The third kappa shape index (κ3) is 4.60. The molecule has 0 saturated carbocycles. The van der Waals surface area contributed by atoms with Gasteiger partial charge < -0.3 is 0 Å². The second-order valence-corrected chi connectivity index (χ2v) is 13.2. The third-order valence-electron chi connectivity index (χ3n) is 7.92. The molecule has 0 radical (unpaired) electrons. The molecule has 0 amide bonds. The molecule has 0 saturated heterocycles. The molecule has 8 rings (SSSR count). The fourth-order valence-electron chi connectivity index (χ4n) is 5.95. The third-order valence-corrected chi connectivity index (χ3v) is 11.1. The van der Waals surface area contributed by atoms with Crippen molar-refractivity contribution in [2.45, 2.75) is 0 Å². The van der Waals surface area contributed by atoms with E-state index in [1.165, 1.54) is 9.80 Å². The van der Waals surface area contributed by atoms with Crippen molar-refractivity contribution >= 4 is 42.8 Å². The second-order valence-electron chi connectivity index (χ2n) is 10.6. The molecule has 44 heavy (non-hydrogen) atoms. The summed E-state index contributed by atoms with van der Waals surface area (Å²) >= 11 is -1.41. The number of hydrogen-bond acceptors (Lipinski definition) is 4. The molecule has 3 aliphatic heterocycles. The summed E-state index contributed by atoms with van der Waals surface area (Å²) in [7, 11) is 0. The van der Waals surface area contributed by atoms with Gasteiger partial charge in [0.1, 0.15) is 0 Å². The predicted molar refractivity (Wildman–Crippen MR) is 181 cm³/mol. The maximum atomic E-state index is 8.38. The van der Waals surface area contributed by atoms with Crippen LogP contribution in [0.5, 0.6) is 0 Å². The topological polar surface area (TPSA) is 13.0 Å². The summed E-state index contributed by atoms with van der Waals surface area (Å²) in [4.78, 5) is 6.26. The van der Waals surface area contributed by atoms with Gasteiger partial charge >= 0.3 is 277 Å². The Bertz CT molecular complexity index is 2080. The number of anilines is 2. The van der Waals surface area contributed by atoms with Crippen LogP contribution in [0.4, 0.5) is 11.4 Å². The van der Waals surface area contributed by atoms with E-state index in [1.807, 2.05) is 70.5 Å². The molecule has 5 aromatic rings. The SMILES string of the molecule is [2H]C([2H])([2H])N1C=CN2[C]1=[Pt]=[C]1N(C=CN1C([2H])([2H])[2H])c1[c-]c(ccc1)B(c1c(-c3ccccc3)cccc1-c1ccccc1)c1[c-]c2ccc1. The molecule has 4 nitrogen and oxygen atoms in total. The molecule has 3 heterocycles. The first kappa shape index (κ1) is 21.1. The number of hydrogen-bond donors (Lipinski definition) is 0. The van der Waals surface area contributed by atoms with Gasteiger partial charge in [0.05, 0.1) is 0 Å². The van der Waals surface area contributed by atoms with Crippen molar-refractivity contribution in [3.63, 3.8) is 0 Å². The Morgan fingerprint density at radius 3 is 1.50 bits per heavy atom. The van der Waals surface area contributed by atoms with Gasteiger partial charge in [-0.25, -0.2) is 0 Å². The zero-order chi connectivity index (χ0) is 34.6. The van der Waals surface area contributed by atoms with Crippen molar-refractivity contribution in [1.29, 1.82) is 0 Å². The van der Waals surface area contributed by atoms with Crippen molar-refractivity contribution in [2.24, 2.45) is 0 Å². The van der Waals surface area contributed by atoms with Crippen molar-refractivity contribution in [3.8, 4) is 22.3 Å². The van der Waals surface area contributed by atoms with Crippen molar-refractivity contribution in [3.05, 3.63) is 152 Å². The molecule has 0 atom stereocenters. The summed E-state index contributed by atoms with van der Waals surface area (Å²) in [6, 6.07) is 46.4. The minimum absolute atomic E-state index is 0.363. The molecule has 5 aromatic carbocycles. The van der Waals surface area contributed by atoms with Gasteiger partial charge in [-0.05, 0) is 0 Å². The summed E-state index contributed by atoms with van der Waals surface area (Å²) in [6.07, 6.45) is 6.59. The van der Waals surface area contributed by atoms with Gasteiger partial charge in [0, 0.05) is 0 Å². The molecule has 0 aromatic heterocycles. The van der Waals surface area contributed by atoms with Gasteiger partial charge in [-0.2, -0.15) is 0 Å². The van der Waals surface area contributed by atoms with Crippen LogP contribution in [0, 0.1) is 12.1 Å². The average molecular weight is 754 g/mol. The Balaban J connectivity index is 1.45. The molecule has 4 bridgehead atoms. The van der Waals surface area contributed by atoms with E-state index in [0.29, 0.717) is 19.7 Å². The summed E-state index contributed by atoms with van der Waals surface area (Å²) in [6.45, 7) is -5.32. The summed E-state index contributed by atoms with van der Waals surface area (Å²) < 4.78 is 51.3. The van der Waals surface area contributed by atoms with Gasteiger partial charge in [-0.1, -0.05) is 0 Å². The minimum atomic E-state index is -2.48. The summed E-state index contributed by atoms with van der Waals surface area (Å²) in [5, 5.41) is 0. The molecule has 216 valence electrons. The Labute approximate surface area is 275 Å². The fraction of sp³-hybridized carbons (Fsp3) is 0.0526. The normalized spacial score (nSPS) is 18.1. The second kappa shape index (κ2) is 11.1. The summed E-state index contributed by atoms with van der Waals surface area (Å²) in [5.74, 6) is 0. The van der Waals surface area contributed by atoms with Crippen LogP contribution < -0.4 is 26.2 Å². The number of benzene rings is 5. The Hall–Kier alpha value is -4.73. The Morgan fingerprint density at radius 1 is 0.545 bits per heavy atom. The monoisotopic (exact) mass is 753 g/mol. The molecule has 0 unspecified atom stereocenters. The van der Waals surface area contributed by atoms with Crippen molar-refractivity contribution < 1.29 is 25.9 Å². The van der Waals surface area contributed by atoms with Gasteiger partial charge in [-0.15, -0.1) is 0 Å². The predicted octanol–water partition coefficient (Wildman–Crippen LogP) is 4.85. The molecular weight excluding hydrogens is 718 g/mol. The van der Waals surface area contributed by atoms with Crippen LogP contribution in [0.3, 0.4) is 0 Å². The van der Waals surface area contributed by atoms with Crippen molar-refractivity contribution in [1.82, 2.24) is 9.80 Å². The first-order chi connectivity index (χ1) is 24.1. The van der Waals surface area contributed by atoms with Crippen LogP contribution in [-0.2, 0) is 17.6 Å². The number of fused-ring (bicyclic) bond motifs is 8. The van der Waals surface area contributed by atoms with E-state index in [-0.39, 0.29) is 6.71 Å². The molecule has 0 spiro atoms. The molecule has 0 aliphatic carbocycles. The molecular formula is C38H29BN4Pt-2. The quantitative estimate of drug-likeness (QED) is 0.193. The number of nitrogens with zero attached hydrogens (tertiary/aromatic N) is 4. The van der Waals surface area contributed by atoms with E-state index in [9.17, 15) is 0 Å². The first-order valence-corrected chi connectivity index (χ1v) is 16.5. The van der Waals surface area contributed by atoms with Gasteiger partial charge in [0.2, 0.25) is 0 Å². The fourth-order valence-corrected chi connectivity index (χ4v) is 8.72. The Morgan fingerprint density at radius 2 is 1.02 bits per heavy atom. The molecule has 3 aliphatic rings. The standard InChI is InChI=1S/C38H29BN4.Pt/c1-40-22-24-42(28-40)34-18-9-16-32(26-34)39(33-17-10-19-35(27-33)43-25-23-41(2)29-43)38-36(30-12-5-3-6-13-30)20-11-21-37(38)31-14-7-4-8-15-31;/h3-25H,1-2H3;/q-2;/i1D3,2D3;. The zero-order valence-corrected chi connectivity index (χ0v) is 25.7. The summed E-state index contributed by atoms with van der Waals surface area (Å²) in [5.41, 5.74) is 8.46. The van der Waals surface area contributed by atoms with Crippen LogP contribution in [0.1, 0.15) is 8.22 Å². The molecule has 0 fully saturated rings. The van der Waals surface area contributed by atoms with E-state index in [2.05, 4.69) is 66.7 Å². The van der Waals surface area contributed by atoms with Gasteiger partial charge in [0.25, 0.3) is 0 Å². The molecule has 6 heteroatoms. The van der Waals surface area contributed by atoms with Crippen LogP contribution in [0.2, 0.25) is 0 Å².